The Balaban J connectivity index is 2.16. The lowest BCUT2D eigenvalue weighted by Gasteiger charge is -2.18. The number of rotatable bonds is 6. The molecule has 0 bridgehead atoms. The van der Waals surface area contributed by atoms with Crippen LogP contribution in [0.1, 0.15) is 11.1 Å². The Morgan fingerprint density at radius 2 is 2.20 bits per heavy atom. The van der Waals surface area contributed by atoms with Crippen LogP contribution in [0.25, 0.3) is 0 Å². The highest BCUT2D eigenvalue weighted by Crippen LogP contribution is 2.28. The number of nitrogens with zero attached hydrogens (tertiary/aromatic N) is 2. The highest BCUT2D eigenvalue weighted by Gasteiger charge is 2.17. The number of nitro groups is 1. The van der Waals surface area contributed by atoms with Gasteiger partial charge in [-0.1, -0.05) is 12.1 Å². The maximum absolute atomic E-state index is 11.0. The van der Waals surface area contributed by atoms with Gasteiger partial charge in [0.25, 0.3) is 5.69 Å². The van der Waals surface area contributed by atoms with Crippen LogP contribution >= 0.6 is 11.3 Å². The lowest BCUT2D eigenvalue weighted by atomic mass is 10.1. The van der Waals surface area contributed by atoms with E-state index in [1.165, 1.54) is 11.6 Å². The highest BCUT2D eigenvalue weighted by molar-refractivity contribution is 7.07. The van der Waals surface area contributed by atoms with Crippen LogP contribution in [0, 0.1) is 10.1 Å². The van der Waals surface area contributed by atoms with Crippen LogP contribution in [-0.2, 0) is 13.1 Å². The van der Waals surface area contributed by atoms with Crippen molar-refractivity contribution in [2.24, 2.45) is 5.84 Å². The fraction of sp³-hybridized carbons (Fsp3) is 0.231. The SMILES string of the molecule is CN(Cc1ccsc1)Cc1cccc([N+](=O)[O-])c1NN. The summed E-state index contributed by atoms with van der Waals surface area (Å²) in [6.45, 7) is 1.37. The van der Waals surface area contributed by atoms with Gasteiger partial charge in [0.15, 0.2) is 0 Å². The Labute approximate surface area is 120 Å². The van der Waals surface area contributed by atoms with Crippen molar-refractivity contribution in [1.82, 2.24) is 4.90 Å². The molecule has 1 heterocycles. The smallest absolute Gasteiger partial charge is 0.293 e. The Morgan fingerprint density at radius 1 is 1.40 bits per heavy atom. The molecule has 0 aliphatic rings. The minimum absolute atomic E-state index is 0.00562. The molecule has 1 aromatic carbocycles. The third-order valence-electron chi connectivity index (χ3n) is 2.94. The second kappa shape index (κ2) is 6.47. The number of hydrogen-bond donors (Lipinski definition) is 2. The topological polar surface area (TPSA) is 84.4 Å². The van der Waals surface area contributed by atoms with Crippen molar-refractivity contribution < 1.29 is 4.92 Å². The number of hydrazine groups is 1. The van der Waals surface area contributed by atoms with Crippen molar-refractivity contribution in [3.05, 3.63) is 56.3 Å². The van der Waals surface area contributed by atoms with Crippen LogP contribution in [0.3, 0.4) is 0 Å². The van der Waals surface area contributed by atoms with Crippen LogP contribution < -0.4 is 11.3 Å². The molecule has 0 saturated carbocycles. The summed E-state index contributed by atoms with van der Waals surface area (Å²) in [5, 5.41) is 15.1. The third kappa shape index (κ3) is 3.32. The number of para-hydroxylation sites is 1. The monoisotopic (exact) mass is 292 g/mol. The van der Waals surface area contributed by atoms with Crippen molar-refractivity contribution in [2.45, 2.75) is 13.1 Å². The lowest BCUT2D eigenvalue weighted by Crippen LogP contribution is -2.19. The van der Waals surface area contributed by atoms with Gasteiger partial charge < -0.3 is 5.43 Å². The first-order valence-corrected chi connectivity index (χ1v) is 6.98. The molecule has 0 unspecified atom stereocenters. The van der Waals surface area contributed by atoms with E-state index < -0.39 is 4.92 Å². The van der Waals surface area contributed by atoms with E-state index in [1.807, 2.05) is 18.5 Å². The number of nitrogens with two attached hydrogens (primary N) is 1. The normalized spacial score (nSPS) is 10.8. The number of benzene rings is 1. The molecule has 0 amide bonds. The van der Waals surface area contributed by atoms with Gasteiger partial charge in [0, 0.05) is 19.2 Å². The largest absolute Gasteiger partial charge is 0.318 e. The van der Waals surface area contributed by atoms with Crippen molar-refractivity contribution in [3.8, 4) is 0 Å². The van der Waals surface area contributed by atoms with Gasteiger partial charge in [-0.05, 0) is 35.0 Å². The first-order chi connectivity index (χ1) is 9.61. The zero-order valence-corrected chi connectivity index (χ0v) is 11.9. The highest BCUT2D eigenvalue weighted by atomic mass is 32.1. The molecule has 3 N–H and O–H groups in total. The molecule has 0 fully saturated rings. The van der Waals surface area contributed by atoms with Crippen molar-refractivity contribution >= 4 is 22.7 Å². The predicted octanol–water partition coefficient (Wildman–Crippen LogP) is 2.57. The maximum Gasteiger partial charge on any atom is 0.293 e. The summed E-state index contributed by atoms with van der Waals surface area (Å²) >= 11 is 1.65. The molecule has 0 aliphatic carbocycles. The zero-order valence-electron chi connectivity index (χ0n) is 11.1. The molecule has 0 aliphatic heterocycles. The number of hydrogen-bond acceptors (Lipinski definition) is 6. The van der Waals surface area contributed by atoms with Crippen molar-refractivity contribution in [3.63, 3.8) is 0 Å². The minimum atomic E-state index is -0.433. The first-order valence-electron chi connectivity index (χ1n) is 6.04. The van der Waals surface area contributed by atoms with E-state index in [0.717, 1.165) is 12.1 Å². The molecule has 6 nitrogen and oxygen atoms in total. The number of nitro benzene ring substituents is 1. The Kier molecular flexibility index (Phi) is 4.67. The molecule has 2 aromatic rings. The molecular weight excluding hydrogens is 276 g/mol. The van der Waals surface area contributed by atoms with Crippen LogP contribution in [0.15, 0.2) is 35.0 Å². The summed E-state index contributed by atoms with van der Waals surface area (Å²) < 4.78 is 0. The van der Waals surface area contributed by atoms with Gasteiger partial charge in [-0.25, -0.2) is 0 Å². The fourth-order valence-electron chi connectivity index (χ4n) is 2.08. The fourth-order valence-corrected chi connectivity index (χ4v) is 2.74. The van der Waals surface area contributed by atoms with E-state index >= 15 is 0 Å². The standard InChI is InChI=1S/C13H16N4O2S/c1-16(7-10-5-6-20-9-10)8-11-3-2-4-12(17(18)19)13(11)15-14/h2-6,9,15H,7-8,14H2,1H3. The first kappa shape index (κ1) is 14.4. The van der Waals surface area contributed by atoms with Gasteiger partial charge in [0.1, 0.15) is 5.69 Å². The molecule has 20 heavy (non-hydrogen) atoms. The summed E-state index contributed by atoms with van der Waals surface area (Å²) in [4.78, 5) is 12.6. The third-order valence-corrected chi connectivity index (χ3v) is 3.67. The summed E-state index contributed by atoms with van der Waals surface area (Å²) in [5.74, 6) is 5.43. The average molecular weight is 292 g/mol. The van der Waals surface area contributed by atoms with E-state index in [4.69, 9.17) is 5.84 Å². The number of nitrogens with one attached hydrogen (secondary N) is 1. The number of thiophene rings is 1. The number of nitrogen functional groups attached to an aromatic ring is 1. The Morgan fingerprint density at radius 3 is 2.80 bits per heavy atom. The van der Waals surface area contributed by atoms with Crippen molar-refractivity contribution in [2.75, 3.05) is 12.5 Å². The summed E-state index contributed by atoms with van der Waals surface area (Å²) in [7, 11) is 1.97. The molecule has 1 aromatic heterocycles. The van der Waals surface area contributed by atoms with E-state index in [0.29, 0.717) is 12.2 Å². The van der Waals surface area contributed by atoms with E-state index in [2.05, 4.69) is 21.8 Å². The summed E-state index contributed by atoms with van der Waals surface area (Å²) in [5.41, 5.74) is 4.84. The van der Waals surface area contributed by atoms with Gasteiger partial charge in [0.2, 0.25) is 0 Å². The van der Waals surface area contributed by atoms with Gasteiger partial charge in [-0.15, -0.1) is 0 Å². The second-order valence-corrected chi connectivity index (χ2v) is 5.30. The molecule has 106 valence electrons. The van der Waals surface area contributed by atoms with Crippen molar-refractivity contribution in [1.29, 1.82) is 0 Å². The molecular formula is C13H16N4O2S. The van der Waals surface area contributed by atoms with Gasteiger partial charge in [0.05, 0.1) is 4.92 Å². The minimum Gasteiger partial charge on any atom is -0.318 e. The van der Waals surface area contributed by atoms with Crippen LogP contribution in [0.2, 0.25) is 0 Å². The second-order valence-electron chi connectivity index (χ2n) is 4.52. The van der Waals surface area contributed by atoms with E-state index in [1.54, 1.807) is 17.4 Å². The van der Waals surface area contributed by atoms with E-state index in [-0.39, 0.29) is 5.69 Å². The molecule has 0 radical (unpaired) electrons. The molecule has 7 heteroatoms. The van der Waals surface area contributed by atoms with Crippen LogP contribution in [0.4, 0.5) is 11.4 Å². The summed E-state index contributed by atoms with van der Waals surface area (Å²) in [6.07, 6.45) is 0. The Bertz CT molecular complexity index is 586. The maximum atomic E-state index is 11.0. The van der Waals surface area contributed by atoms with Crippen LogP contribution in [-0.4, -0.2) is 16.9 Å². The average Bonchev–Trinajstić information content (AvgIpc) is 2.91. The molecule has 0 atom stereocenters. The van der Waals surface area contributed by atoms with E-state index in [9.17, 15) is 10.1 Å². The van der Waals surface area contributed by atoms with Crippen LogP contribution in [0.5, 0.6) is 0 Å². The lowest BCUT2D eigenvalue weighted by molar-refractivity contribution is -0.384. The molecule has 0 spiro atoms. The number of anilines is 1. The quantitative estimate of drug-likeness (QED) is 0.485. The predicted molar refractivity (Wildman–Crippen MR) is 80.4 cm³/mol. The Hall–Kier alpha value is -1.96. The van der Waals surface area contributed by atoms with Gasteiger partial charge in [-0.3, -0.25) is 20.9 Å². The summed E-state index contributed by atoms with van der Waals surface area (Å²) in [6, 6.07) is 7.02. The zero-order chi connectivity index (χ0) is 14.5. The molecule has 2 rings (SSSR count). The molecule has 0 saturated heterocycles. The van der Waals surface area contributed by atoms with Gasteiger partial charge in [-0.2, -0.15) is 11.3 Å². The van der Waals surface area contributed by atoms with Gasteiger partial charge >= 0.3 is 0 Å².